The summed E-state index contributed by atoms with van der Waals surface area (Å²) in [6, 6.07) is 15.7. The number of hydrogen-bond acceptors (Lipinski definition) is 3. The summed E-state index contributed by atoms with van der Waals surface area (Å²) >= 11 is 0. The third-order valence-electron chi connectivity index (χ3n) is 6.08. The SMILES string of the molecule is CC1CCCN(Cc2ccc(C(=O)Nc3ccc(OC4CCCC4)cc3)cc2)C1. The van der Waals surface area contributed by atoms with Crippen molar-refractivity contribution in [1.29, 1.82) is 0 Å². The van der Waals surface area contributed by atoms with Gasteiger partial charge in [0.1, 0.15) is 5.75 Å². The quantitative estimate of drug-likeness (QED) is 0.706. The largest absolute Gasteiger partial charge is 0.490 e. The Kier molecular flexibility index (Phi) is 6.50. The molecule has 2 fully saturated rings. The van der Waals surface area contributed by atoms with E-state index in [1.807, 2.05) is 36.4 Å². The zero-order chi connectivity index (χ0) is 20.1. The lowest BCUT2D eigenvalue weighted by molar-refractivity contribution is 0.102. The Morgan fingerprint density at radius 3 is 2.41 bits per heavy atom. The van der Waals surface area contributed by atoms with Crippen LogP contribution in [0.25, 0.3) is 0 Å². The van der Waals surface area contributed by atoms with Crippen molar-refractivity contribution >= 4 is 11.6 Å². The molecular formula is C25H32N2O2. The minimum atomic E-state index is -0.0763. The van der Waals surface area contributed by atoms with E-state index in [-0.39, 0.29) is 5.91 Å². The van der Waals surface area contributed by atoms with E-state index in [2.05, 4.69) is 29.3 Å². The molecule has 2 aliphatic rings. The molecule has 0 aromatic heterocycles. The van der Waals surface area contributed by atoms with Gasteiger partial charge in [-0.25, -0.2) is 0 Å². The first-order valence-electron chi connectivity index (χ1n) is 11.0. The van der Waals surface area contributed by atoms with Gasteiger partial charge in [-0.3, -0.25) is 9.69 Å². The van der Waals surface area contributed by atoms with Crippen molar-refractivity contribution in [2.24, 2.45) is 5.92 Å². The Labute approximate surface area is 174 Å². The number of nitrogens with zero attached hydrogens (tertiary/aromatic N) is 1. The summed E-state index contributed by atoms with van der Waals surface area (Å²) < 4.78 is 5.99. The molecule has 1 aliphatic heterocycles. The van der Waals surface area contributed by atoms with Gasteiger partial charge in [-0.15, -0.1) is 0 Å². The van der Waals surface area contributed by atoms with Gasteiger partial charge in [0, 0.05) is 24.3 Å². The zero-order valence-electron chi connectivity index (χ0n) is 17.4. The summed E-state index contributed by atoms with van der Waals surface area (Å²) in [4.78, 5) is 15.1. The first-order chi connectivity index (χ1) is 14.2. The van der Waals surface area contributed by atoms with Crippen LogP contribution in [0.5, 0.6) is 5.75 Å². The van der Waals surface area contributed by atoms with Gasteiger partial charge in [-0.1, -0.05) is 19.1 Å². The highest BCUT2D eigenvalue weighted by Gasteiger charge is 2.17. The highest BCUT2D eigenvalue weighted by Crippen LogP contribution is 2.25. The van der Waals surface area contributed by atoms with E-state index in [4.69, 9.17) is 4.74 Å². The van der Waals surface area contributed by atoms with Crippen LogP contribution < -0.4 is 10.1 Å². The molecule has 1 N–H and O–H groups in total. The molecule has 0 radical (unpaired) electrons. The van der Waals surface area contributed by atoms with E-state index in [1.54, 1.807) is 0 Å². The minimum Gasteiger partial charge on any atom is -0.490 e. The van der Waals surface area contributed by atoms with Gasteiger partial charge in [0.25, 0.3) is 5.91 Å². The van der Waals surface area contributed by atoms with Gasteiger partial charge in [0.2, 0.25) is 0 Å². The van der Waals surface area contributed by atoms with Gasteiger partial charge in [0.05, 0.1) is 6.10 Å². The molecule has 4 heteroatoms. The van der Waals surface area contributed by atoms with Crippen molar-refractivity contribution in [1.82, 2.24) is 4.90 Å². The number of ether oxygens (including phenoxy) is 1. The molecule has 1 aliphatic carbocycles. The topological polar surface area (TPSA) is 41.6 Å². The van der Waals surface area contributed by atoms with Crippen molar-refractivity contribution < 1.29 is 9.53 Å². The van der Waals surface area contributed by atoms with Crippen LogP contribution in [0.2, 0.25) is 0 Å². The minimum absolute atomic E-state index is 0.0763. The summed E-state index contributed by atoms with van der Waals surface area (Å²) in [7, 11) is 0. The molecule has 1 atom stereocenters. The van der Waals surface area contributed by atoms with Crippen molar-refractivity contribution in [2.45, 2.75) is 58.1 Å². The molecule has 0 bridgehead atoms. The molecule has 2 aromatic rings. The Bertz CT molecular complexity index is 795. The number of hydrogen-bond donors (Lipinski definition) is 1. The van der Waals surface area contributed by atoms with E-state index >= 15 is 0 Å². The zero-order valence-corrected chi connectivity index (χ0v) is 17.4. The van der Waals surface area contributed by atoms with Crippen molar-refractivity contribution in [3.8, 4) is 5.75 Å². The number of amides is 1. The van der Waals surface area contributed by atoms with E-state index in [0.717, 1.165) is 36.7 Å². The Hall–Kier alpha value is -2.33. The molecule has 2 aromatic carbocycles. The lowest BCUT2D eigenvalue weighted by Crippen LogP contribution is -2.33. The molecule has 29 heavy (non-hydrogen) atoms. The first kappa shape index (κ1) is 20.0. The van der Waals surface area contributed by atoms with Crippen molar-refractivity contribution in [3.05, 3.63) is 59.7 Å². The van der Waals surface area contributed by atoms with Crippen molar-refractivity contribution in [2.75, 3.05) is 18.4 Å². The van der Waals surface area contributed by atoms with Gasteiger partial charge < -0.3 is 10.1 Å². The van der Waals surface area contributed by atoms with Gasteiger partial charge >= 0.3 is 0 Å². The number of carbonyl (C=O) groups excluding carboxylic acids is 1. The fraction of sp³-hybridized carbons (Fsp3) is 0.480. The number of anilines is 1. The van der Waals surface area contributed by atoms with E-state index in [9.17, 15) is 4.79 Å². The Balaban J connectivity index is 1.29. The second-order valence-electron chi connectivity index (χ2n) is 8.68. The normalized spacial score (nSPS) is 20.5. The molecule has 154 valence electrons. The van der Waals surface area contributed by atoms with Crippen LogP contribution in [0.15, 0.2) is 48.5 Å². The molecule has 1 amide bonds. The van der Waals surface area contributed by atoms with Crippen molar-refractivity contribution in [3.63, 3.8) is 0 Å². The monoisotopic (exact) mass is 392 g/mol. The second kappa shape index (κ2) is 9.45. The maximum Gasteiger partial charge on any atom is 0.255 e. The smallest absolute Gasteiger partial charge is 0.255 e. The van der Waals surface area contributed by atoms with Crippen LogP contribution in [-0.2, 0) is 6.54 Å². The molecule has 1 saturated heterocycles. The first-order valence-corrected chi connectivity index (χ1v) is 11.0. The fourth-order valence-electron chi connectivity index (χ4n) is 4.47. The van der Waals surface area contributed by atoms with Crippen LogP contribution in [0.1, 0.15) is 61.4 Å². The number of rotatable bonds is 6. The van der Waals surface area contributed by atoms with Crippen LogP contribution in [-0.4, -0.2) is 30.0 Å². The fourth-order valence-corrected chi connectivity index (χ4v) is 4.47. The molecule has 1 unspecified atom stereocenters. The highest BCUT2D eigenvalue weighted by molar-refractivity contribution is 6.04. The molecule has 1 saturated carbocycles. The standard InChI is InChI=1S/C25H32N2O2/c1-19-5-4-16-27(17-19)18-20-8-10-21(11-9-20)25(28)26-22-12-14-24(15-13-22)29-23-6-2-3-7-23/h8-15,19,23H,2-7,16-18H2,1H3,(H,26,28). The number of likely N-dealkylation sites (tertiary alicyclic amines) is 1. The molecule has 4 nitrogen and oxygen atoms in total. The predicted octanol–water partition coefficient (Wildman–Crippen LogP) is 5.49. The number of benzene rings is 2. The summed E-state index contributed by atoms with van der Waals surface area (Å²) in [6.07, 6.45) is 7.78. The van der Waals surface area contributed by atoms with E-state index in [0.29, 0.717) is 11.7 Å². The summed E-state index contributed by atoms with van der Waals surface area (Å²) in [6.45, 7) is 5.64. The summed E-state index contributed by atoms with van der Waals surface area (Å²) in [5.41, 5.74) is 2.75. The number of carbonyl (C=O) groups is 1. The number of piperidine rings is 1. The Morgan fingerprint density at radius 2 is 1.72 bits per heavy atom. The lowest BCUT2D eigenvalue weighted by atomic mass is 9.99. The van der Waals surface area contributed by atoms with Gasteiger partial charge in [-0.2, -0.15) is 0 Å². The summed E-state index contributed by atoms with van der Waals surface area (Å²) in [5.74, 6) is 1.59. The molecule has 1 heterocycles. The third-order valence-corrected chi connectivity index (χ3v) is 6.08. The predicted molar refractivity (Wildman–Crippen MR) is 117 cm³/mol. The average Bonchev–Trinajstić information content (AvgIpc) is 3.23. The second-order valence-corrected chi connectivity index (χ2v) is 8.68. The maximum absolute atomic E-state index is 12.6. The molecular weight excluding hydrogens is 360 g/mol. The maximum atomic E-state index is 12.6. The van der Waals surface area contributed by atoms with Gasteiger partial charge in [-0.05, 0) is 92.9 Å². The highest BCUT2D eigenvalue weighted by atomic mass is 16.5. The Morgan fingerprint density at radius 1 is 1.00 bits per heavy atom. The van der Waals surface area contributed by atoms with Crippen LogP contribution >= 0.6 is 0 Å². The average molecular weight is 393 g/mol. The summed E-state index contributed by atoms with van der Waals surface area (Å²) in [5, 5.41) is 2.98. The lowest BCUT2D eigenvalue weighted by Gasteiger charge is -2.30. The number of nitrogens with one attached hydrogen (secondary N) is 1. The van der Waals surface area contributed by atoms with Crippen LogP contribution in [0, 0.1) is 5.92 Å². The molecule has 0 spiro atoms. The van der Waals surface area contributed by atoms with Gasteiger partial charge in [0.15, 0.2) is 0 Å². The van der Waals surface area contributed by atoms with Crippen LogP contribution in [0.3, 0.4) is 0 Å². The van der Waals surface area contributed by atoms with E-state index in [1.165, 1.54) is 44.3 Å². The van der Waals surface area contributed by atoms with E-state index < -0.39 is 0 Å². The third kappa shape index (κ3) is 5.60. The van der Waals surface area contributed by atoms with Crippen LogP contribution in [0.4, 0.5) is 5.69 Å². The molecule has 4 rings (SSSR count).